The van der Waals surface area contributed by atoms with Crippen molar-refractivity contribution in [3.8, 4) is 0 Å². The summed E-state index contributed by atoms with van der Waals surface area (Å²) in [6.07, 6.45) is 0.359. The van der Waals surface area contributed by atoms with E-state index in [0.717, 1.165) is 0 Å². The van der Waals surface area contributed by atoms with Crippen LogP contribution in [-0.4, -0.2) is 75.2 Å². The van der Waals surface area contributed by atoms with Gasteiger partial charge in [0.15, 0.2) is 0 Å². The SMILES string of the molecule is N[C@H](C[C@H](N)C[C@H](O)CCO)C[C@H](O)C[C@H](N)C[C@H](O)CCO. The van der Waals surface area contributed by atoms with Gasteiger partial charge in [-0.3, -0.25) is 0 Å². The van der Waals surface area contributed by atoms with Crippen molar-refractivity contribution in [2.24, 2.45) is 17.2 Å². The summed E-state index contributed by atoms with van der Waals surface area (Å²) in [5, 5.41) is 46.6. The zero-order valence-electron chi connectivity index (χ0n) is 13.8. The second kappa shape index (κ2) is 13.0. The molecule has 0 aliphatic heterocycles. The van der Waals surface area contributed by atoms with Crippen molar-refractivity contribution in [2.75, 3.05) is 13.2 Å². The van der Waals surface area contributed by atoms with Crippen LogP contribution >= 0.6 is 0 Å². The highest BCUT2D eigenvalue weighted by atomic mass is 16.3. The molecule has 0 saturated carbocycles. The fourth-order valence-corrected chi connectivity index (χ4v) is 2.71. The van der Waals surface area contributed by atoms with Gasteiger partial charge in [0.1, 0.15) is 0 Å². The zero-order valence-corrected chi connectivity index (χ0v) is 13.8. The monoisotopic (exact) mass is 337 g/mol. The third-order valence-corrected chi connectivity index (χ3v) is 3.83. The Hall–Kier alpha value is -0.320. The second-order valence-electron chi connectivity index (χ2n) is 6.44. The van der Waals surface area contributed by atoms with Gasteiger partial charge in [0.2, 0.25) is 0 Å². The van der Waals surface area contributed by atoms with E-state index in [1.54, 1.807) is 0 Å². The van der Waals surface area contributed by atoms with Gasteiger partial charge < -0.3 is 42.7 Å². The lowest BCUT2D eigenvalue weighted by Crippen LogP contribution is -2.38. The molecule has 0 radical (unpaired) electrons. The molecule has 0 bridgehead atoms. The minimum atomic E-state index is -0.684. The Morgan fingerprint density at radius 1 is 0.522 bits per heavy atom. The molecule has 11 N–H and O–H groups in total. The smallest absolute Gasteiger partial charge is 0.0576 e. The number of hydrogen-bond donors (Lipinski definition) is 8. The lowest BCUT2D eigenvalue weighted by atomic mass is 9.94. The van der Waals surface area contributed by atoms with Crippen molar-refractivity contribution in [3.05, 3.63) is 0 Å². The quantitative estimate of drug-likeness (QED) is 0.175. The van der Waals surface area contributed by atoms with Crippen LogP contribution in [0.4, 0.5) is 0 Å². The topological polar surface area (TPSA) is 179 Å². The average molecular weight is 337 g/mol. The van der Waals surface area contributed by atoms with E-state index in [-0.39, 0.29) is 44.2 Å². The van der Waals surface area contributed by atoms with Gasteiger partial charge in [-0.15, -0.1) is 0 Å². The van der Waals surface area contributed by atoms with Crippen molar-refractivity contribution in [1.82, 2.24) is 0 Å². The van der Waals surface area contributed by atoms with E-state index in [1.807, 2.05) is 0 Å². The van der Waals surface area contributed by atoms with Crippen LogP contribution in [0.25, 0.3) is 0 Å². The van der Waals surface area contributed by atoms with Crippen LogP contribution in [0.15, 0.2) is 0 Å². The Morgan fingerprint density at radius 2 is 0.826 bits per heavy atom. The Morgan fingerprint density at radius 3 is 1.17 bits per heavy atom. The molecule has 23 heavy (non-hydrogen) atoms. The zero-order chi connectivity index (χ0) is 17.8. The Balaban J connectivity index is 3.97. The van der Waals surface area contributed by atoms with Crippen molar-refractivity contribution >= 4 is 0 Å². The first-order valence-electron chi connectivity index (χ1n) is 8.31. The first-order valence-corrected chi connectivity index (χ1v) is 8.31. The fraction of sp³-hybridized carbons (Fsp3) is 1.00. The Labute approximate surface area is 138 Å². The van der Waals surface area contributed by atoms with E-state index >= 15 is 0 Å². The molecule has 0 spiro atoms. The number of aliphatic hydroxyl groups is 5. The Kier molecular flexibility index (Phi) is 12.8. The molecule has 0 aromatic carbocycles. The highest BCUT2D eigenvalue weighted by Crippen LogP contribution is 2.13. The minimum Gasteiger partial charge on any atom is -0.396 e. The number of nitrogens with two attached hydrogens (primary N) is 3. The summed E-state index contributed by atoms with van der Waals surface area (Å²) in [5.41, 5.74) is 17.7. The van der Waals surface area contributed by atoms with Gasteiger partial charge in [0, 0.05) is 31.3 Å². The molecule has 0 amide bonds. The van der Waals surface area contributed by atoms with Crippen LogP contribution < -0.4 is 17.2 Å². The summed E-state index contributed by atoms with van der Waals surface area (Å²) in [5.74, 6) is 0. The molecule has 0 aromatic heterocycles. The molecule has 8 nitrogen and oxygen atoms in total. The lowest BCUT2D eigenvalue weighted by Gasteiger charge is -2.23. The van der Waals surface area contributed by atoms with Crippen molar-refractivity contribution in [1.29, 1.82) is 0 Å². The molecule has 0 aromatic rings. The maximum Gasteiger partial charge on any atom is 0.0576 e. The number of rotatable bonds is 14. The summed E-state index contributed by atoms with van der Waals surface area (Å²) < 4.78 is 0. The molecule has 6 atom stereocenters. The van der Waals surface area contributed by atoms with Gasteiger partial charge >= 0.3 is 0 Å². The summed E-state index contributed by atoms with van der Waals surface area (Å²) >= 11 is 0. The van der Waals surface area contributed by atoms with Gasteiger partial charge in [-0.05, 0) is 44.9 Å². The van der Waals surface area contributed by atoms with E-state index in [4.69, 9.17) is 27.4 Å². The van der Waals surface area contributed by atoms with E-state index in [2.05, 4.69) is 0 Å². The second-order valence-corrected chi connectivity index (χ2v) is 6.44. The van der Waals surface area contributed by atoms with Crippen LogP contribution in [-0.2, 0) is 0 Å². The Bertz CT molecular complexity index is 260. The summed E-state index contributed by atoms with van der Waals surface area (Å²) in [4.78, 5) is 0. The first-order chi connectivity index (χ1) is 10.8. The molecule has 8 heteroatoms. The third kappa shape index (κ3) is 12.7. The molecule has 0 heterocycles. The molecule has 0 aliphatic rings. The maximum atomic E-state index is 10.00. The van der Waals surface area contributed by atoms with E-state index < -0.39 is 18.3 Å². The van der Waals surface area contributed by atoms with Gasteiger partial charge in [-0.1, -0.05) is 0 Å². The predicted octanol–water partition coefficient (Wildman–Crippen LogP) is -2.23. The molecule has 0 saturated heterocycles. The van der Waals surface area contributed by atoms with E-state index in [9.17, 15) is 15.3 Å². The van der Waals surface area contributed by atoms with Gasteiger partial charge in [-0.2, -0.15) is 0 Å². The minimum absolute atomic E-state index is 0.0846. The van der Waals surface area contributed by atoms with Gasteiger partial charge in [0.05, 0.1) is 18.3 Å². The van der Waals surface area contributed by atoms with Crippen LogP contribution in [0.2, 0.25) is 0 Å². The van der Waals surface area contributed by atoms with Crippen molar-refractivity contribution in [2.45, 2.75) is 81.4 Å². The van der Waals surface area contributed by atoms with Gasteiger partial charge in [0.25, 0.3) is 0 Å². The lowest BCUT2D eigenvalue weighted by molar-refractivity contribution is 0.0961. The highest BCUT2D eigenvalue weighted by Gasteiger charge is 2.19. The van der Waals surface area contributed by atoms with Gasteiger partial charge in [-0.25, -0.2) is 0 Å². The molecule has 0 unspecified atom stereocenters. The molecule has 0 rings (SSSR count). The average Bonchev–Trinajstić information content (AvgIpc) is 2.37. The summed E-state index contributed by atoms with van der Waals surface area (Å²) in [6.45, 7) is -0.181. The maximum absolute atomic E-state index is 10.00. The largest absolute Gasteiger partial charge is 0.396 e. The highest BCUT2D eigenvalue weighted by molar-refractivity contribution is 4.78. The van der Waals surface area contributed by atoms with Crippen LogP contribution in [0.5, 0.6) is 0 Å². The third-order valence-electron chi connectivity index (χ3n) is 3.83. The normalized spacial score (nSPS) is 19.8. The fourth-order valence-electron chi connectivity index (χ4n) is 2.71. The van der Waals surface area contributed by atoms with E-state index in [0.29, 0.717) is 32.1 Å². The predicted molar refractivity (Wildman–Crippen MR) is 88.4 cm³/mol. The van der Waals surface area contributed by atoms with Crippen LogP contribution in [0, 0.1) is 0 Å². The summed E-state index contributed by atoms with van der Waals surface area (Å²) in [6, 6.07) is -0.964. The summed E-state index contributed by atoms with van der Waals surface area (Å²) in [7, 11) is 0. The molecular weight excluding hydrogens is 302 g/mol. The van der Waals surface area contributed by atoms with Crippen molar-refractivity contribution < 1.29 is 25.5 Å². The standard InChI is InChI=1S/C15H35N3O5/c16-10(6-13(21)1-3-19)5-11(17)8-15(23)9-12(18)7-14(22)2-4-20/h10-15,19-23H,1-9,16-18H2/t10-,11+,12+,13+,14+,15-/m0/s1. The molecular formula is C15H35N3O5. The first kappa shape index (κ1) is 22.7. The van der Waals surface area contributed by atoms with Crippen LogP contribution in [0.3, 0.4) is 0 Å². The van der Waals surface area contributed by atoms with Crippen LogP contribution in [0.1, 0.15) is 44.9 Å². The number of aliphatic hydroxyl groups excluding tert-OH is 5. The number of hydrogen-bond acceptors (Lipinski definition) is 8. The van der Waals surface area contributed by atoms with Crippen molar-refractivity contribution in [3.63, 3.8) is 0 Å². The molecule has 0 aliphatic carbocycles. The van der Waals surface area contributed by atoms with E-state index in [1.165, 1.54) is 0 Å². The molecule has 140 valence electrons. The molecule has 0 fully saturated rings.